The van der Waals surface area contributed by atoms with Crippen molar-refractivity contribution >= 4 is 44.5 Å². The van der Waals surface area contributed by atoms with Crippen molar-refractivity contribution in [3.63, 3.8) is 0 Å². The number of nitrogens with zero attached hydrogens (tertiary/aromatic N) is 2. The van der Waals surface area contributed by atoms with Gasteiger partial charge in [0.15, 0.2) is 11.3 Å². The van der Waals surface area contributed by atoms with Gasteiger partial charge in [-0.1, -0.05) is 21.1 Å². The minimum atomic E-state index is -1.25. The maximum absolute atomic E-state index is 12.4. The number of anilines is 1. The van der Waals surface area contributed by atoms with Gasteiger partial charge in [-0.05, 0) is 36.4 Å². The van der Waals surface area contributed by atoms with Gasteiger partial charge in [-0.3, -0.25) is 4.79 Å². The standard InChI is InChI=1S/C16H8BrN3O4/c17-9-2-3-10-13(6-9)24-20-14(10)15(21)19-12-4-1-8(7-18)5-11(12)16(22)23/h1-6H,(H,19,21)(H,22,23). The fourth-order valence-corrected chi connectivity index (χ4v) is 2.50. The predicted molar refractivity (Wildman–Crippen MR) is 87.8 cm³/mol. The van der Waals surface area contributed by atoms with E-state index in [0.29, 0.717) is 11.0 Å². The number of nitrogens with one attached hydrogen (secondary N) is 1. The van der Waals surface area contributed by atoms with Crippen LogP contribution in [0.5, 0.6) is 0 Å². The van der Waals surface area contributed by atoms with E-state index in [4.69, 9.17) is 9.78 Å². The highest BCUT2D eigenvalue weighted by Crippen LogP contribution is 2.24. The highest BCUT2D eigenvalue weighted by molar-refractivity contribution is 9.10. The lowest BCUT2D eigenvalue weighted by Gasteiger charge is -2.07. The van der Waals surface area contributed by atoms with Crippen LogP contribution >= 0.6 is 15.9 Å². The molecule has 0 unspecified atom stereocenters. The number of aromatic carboxylic acids is 1. The van der Waals surface area contributed by atoms with Crippen LogP contribution < -0.4 is 5.32 Å². The summed E-state index contributed by atoms with van der Waals surface area (Å²) in [5, 5.41) is 24.8. The van der Waals surface area contributed by atoms with Crippen molar-refractivity contribution in [3.8, 4) is 6.07 Å². The smallest absolute Gasteiger partial charge is 0.337 e. The zero-order valence-electron chi connectivity index (χ0n) is 11.9. The first kappa shape index (κ1) is 15.7. The Balaban J connectivity index is 1.97. The number of nitriles is 1. The zero-order valence-corrected chi connectivity index (χ0v) is 13.5. The molecule has 0 aliphatic heterocycles. The molecule has 0 bridgehead atoms. The molecule has 2 aromatic carbocycles. The fourth-order valence-electron chi connectivity index (χ4n) is 2.16. The summed E-state index contributed by atoms with van der Waals surface area (Å²) in [5.74, 6) is -1.86. The van der Waals surface area contributed by atoms with Crippen LogP contribution in [-0.4, -0.2) is 22.1 Å². The molecule has 0 saturated heterocycles. The second-order valence-electron chi connectivity index (χ2n) is 4.80. The Bertz CT molecular complexity index is 1020. The summed E-state index contributed by atoms with van der Waals surface area (Å²) < 4.78 is 5.88. The molecule has 8 heteroatoms. The number of aromatic nitrogens is 1. The van der Waals surface area contributed by atoms with Gasteiger partial charge in [0.1, 0.15) is 0 Å². The third kappa shape index (κ3) is 2.85. The highest BCUT2D eigenvalue weighted by atomic mass is 79.9. The van der Waals surface area contributed by atoms with Crippen molar-refractivity contribution in [2.45, 2.75) is 0 Å². The third-order valence-electron chi connectivity index (χ3n) is 3.28. The molecule has 7 nitrogen and oxygen atoms in total. The van der Waals surface area contributed by atoms with Crippen molar-refractivity contribution < 1.29 is 19.2 Å². The first-order valence-electron chi connectivity index (χ1n) is 6.63. The summed E-state index contributed by atoms with van der Waals surface area (Å²) >= 11 is 3.29. The quantitative estimate of drug-likeness (QED) is 0.713. The summed E-state index contributed by atoms with van der Waals surface area (Å²) in [6.45, 7) is 0. The maximum atomic E-state index is 12.4. The molecule has 118 valence electrons. The summed E-state index contributed by atoms with van der Waals surface area (Å²) in [7, 11) is 0. The van der Waals surface area contributed by atoms with Crippen LogP contribution in [0.3, 0.4) is 0 Å². The van der Waals surface area contributed by atoms with Crippen LogP contribution in [0.2, 0.25) is 0 Å². The average Bonchev–Trinajstić information content (AvgIpc) is 2.98. The van der Waals surface area contributed by atoms with Crippen LogP contribution in [0, 0.1) is 11.3 Å². The summed E-state index contributed by atoms with van der Waals surface area (Å²) in [5.41, 5.74) is 0.533. The Labute approximate surface area is 143 Å². The second kappa shape index (κ2) is 6.14. The van der Waals surface area contributed by atoms with Gasteiger partial charge in [0.25, 0.3) is 5.91 Å². The number of carboxylic acid groups (broad SMARTS) is 1. The van der Waals surface area contributed by atoms with Gasteiger partial charge >= 0.3 is 5.97 Å². The van der Waals surface area contributed by atoms with E-state index in [-0.39, 0.29) is 22.5 Å². The molecular weight excluding hydrogens is 378 g/mol. The van der Waals surface area contributed by atoms with E-state index in [1.165, 1.54) is 18.2 Å². The molecular formula is C16H8BrN3O4. The van der Waals surface area contributed by atoms with Crippen LogP contribution in [0.1, 0.15) is 26.4 Å². The normalized spacial score (nSPS) is 10.3. The Morgan fingerprint density at radius 1 is 1.25 bits per heavy atom. The minimum absolute atomic E-state index is 0.0400. The lowest BCUT2D eigenvalue weighted by atomic mass is 10.1. The van der Waals surface area contributed by atoms with E-state index in [0.717, 1.165) is 4.47 Å². The Hall–Kier alpha value is -3.18. The molecule has 24 heavy (non-hydrogen) atoms. The highest BCUT2D eigenvalue weighted by Gasteiger charge is 2.19. The van der Waals surface area contributed by atoms with Crippen LogP contribution in [0.15, 0.2) is 45.4 Å². The van der Waals surface area contributed by atoms with Gasteiger partial charge in [0.05, 0.1) is 28.3 Å². The monoisotopic (exact) mass is 385 g/mol. The molecule has 1 amide bonds. The number of carbonyl (C=O) groups is 2. The van der Waals surface area contributed by atoms with Crippen molar-refractivity contribution in [2.24, 2.45) is 0 Å². The lowest BCUT2D eigenvalue weighted by molar-refractivity contribution is 0.0698. The van der Waals surface area contributed by atoms with E-state index in [9.17, 15) is 14.7 Å². The molecule has 1 heterocycles. The summed E-state index contributed by atoms with van der Waals surface area (Å²) in [4.78, 5) is 23.7. The molecule has 3 rings (SSSR count). The predicted octanol–water partition coefficient (Wildman–Crippen LogP) is 3.41. The van der Waals surface area contributed by atoms with Crippen LogP contribution in [-0.2, 0) is 0 Å². The zero-order chi connectivity index (χ0) is 17.3. The first-order valence-corrected chi connectivity index (χ1v) is 7.42. The molecule has 0 spiro atoms. The van der Waals surface area contributed by atoms with Crippen molar-refractivity contribution in [2.75, 3.05) is 5.32 Å². The maximum Gasteiger partial charge on any atom is 0.337 e. The molecule has 2 N–H and O–H groups in total. The molecule has 0 saturated carbocycles. The van der Waals surface area contributed by atoms with Gasteiger partial charge in [0.2, 0.25) is 0 Å². The number of amides is 1. The second-order valence-corrected chi connectivity index (χ2v) is 5.72. The van der Waals surface area contributed by atoms with E-state index in [2.05, 4.69) is 26.4 Å². The molecule has 1 aromatic heterocycles. The first-order chi connectivity index (χ1) is 11.5. The lowest BCUT2D eigenvalue weighted by Crippen LogP contribution is -2.15. The van der Waals surface area contributed by atoms with Gasteiger partial charge in [-0.2, -0.15) is 5.26 Å². The van der Waals surface area contributed by atoms with Gasteiger partial charge in [-0.25, -0.2) is 4.79 Å². The Morgan fingerprint density at radius 2 is 2.04 bits per heavy atom. The van der Waals surface area contributed by atoms with Crippen LogP contribution in [0.4, 0.5) is 5.69 Å². The molecule has 3 aromatic rings. The average molecular weight is 386 g/mol. The number of carbonyl (C=O) groups excluding carboxylic acids is 1. The van der Waals surface area contributed by atoms with Crippen molar-refractivity contribution in [1.82, 2.24) is 5.16 Å². The largest absolute Gasteiger partial charge is 0.478 e. The third-order valence-corrected chi connectivity index (χ3v) is 3.77. The molecule has 0 atom stereocenters. The van der Waals surface area contributed by atoms with Crippen molar-refractivity contribution in [1.29, 1.82) is 5.26 Å². The van der Waals surface area contributed by atoms with Gasteiger partial charge in [0, 0.05) is 4.47 Å². The molecule has 0 radical (unpaired) electrons. The number of fused-ring (bicyclic) bond motifs is 1. The topological polar surface area (TPSA) is 116 Å². The fraction of sp³-hybridized carbons (Fsp3) is 0. The van der Waals surface area contributed by atoms with E-state index < -0.39 is 11.9 Å². The number of hydrogen-bond donors (Lipinski definition) is 2. The van der Waals surface area contributed by atoms with E-state index in [1.54, 1.807) is 18.2 Å². The van der Waals surface area contributed by atoms with Crippen LogP contribution in [0.25, 0.3) is 11.0 Å². The molecule has 0 aliphatic rings. The summed E-state index contributed by atoms with van der Waals surface area (Å²) in [6.07, 6.45) is 0. The van der Waals surface area contributed by atoms with Gasteiger partial charge in [-0.15, -0.1) is 0 Å². The minimum Gasteiger partial charge on any atom is -0.478 e. The Morgan fingerprint density at radius 3 is 2.75 bits per heavy atom. The van der Waals surface area contributed by atoms with E-state index in [1.807, 2.05) is 6.07 Å². The number of rotatable bonds is 3. The SMILES string of the molecule is N#Cc1ccc(NC(=O)c2noc3cc(Br)ccc23)c(C(=O)O)c1. The van der Waals surface area contributed by atoms with Crippen molar-refractivity contribution in [3.05, 3.63) is 57.7 Å². The molecule has 0 aliphatic carbocycles. The molecule has 0 fully saturated rings. The summed E-state index contributed by atoms with van der Waals surface area (Å²) in [6, 6.07) is 10.9. The Kier molecular flexibility index (Phi) is 4.02. The number of hydrogen-bond acceptors (Lipinski definition) is 5. The number of carboxylic acids is 1. The number of benzene rings is 2. The number of halogens is 1. The van der Waals surface area contributed by atoms with E-state index >= 15 is 0 Å². The van der Waals surface area contributed by atoms with Gasteiger partial charge < -0.3 is 14.9 Å².